The first-order valence-electron chi connectivity index (χ1n) is 22.9. The number of piperazine rings is 1. The maximum atomic E-state index is 14.5. The zero-order valence-corrected chi connectivity index (χ0v) is 38.7. The monoisotopic (exact) mass is 955 g/mol. The van der Waals surface area contributed by atoms with Gasteiger partial charge in [0, 0.05) is 74.2 Å². The molecule has 18 heteroatoms. The molecule has 2 unspecified atom stereocenters. The van der Waals surface area contributed by atoms with E-state index in [0.717, 1.165) is 27.3 Å². The summed E-state index contributed by atoms with van der Waals surface area (Å²) in [5.41, 5.74) is 6.02. The number of ether oxygens (including phenoxy) is 2. The minimum absolute atomic E-state index is 0.0145. The lowest BCUT2D eigenvalue weighted by atomic mass is 9.92. The number of halogens is 1. The number of carbonyl (C=O) groups excluding carboxylic acids is 7. The molecule has 2 N–H and O–H groups in total. The van der Waals surface area contributed by atoms with Crippen LogP contribution in [0.1, 0.15) is 79.5 Å². The van der Waals surface area contributed by atoms with Gasteiger partial charge in [0.1, 0.15) is 17.6 Å². The number of aromatic nitrogens is 1. The number of imide groups is 1. The number of hydrogen-bond donors (Lipinski definition) is 2. The van der Waals surface area contributed by atoms with Crippen molar-refractivity contribution in [3.63, 3.8) is 0 Å². The minimum atomic E-state index is -1.08. The van der Waals surface area contributed by atoms with Crippen molar-refractivity contribution < 1.29 is 47.4 Å². The summed E-state index contributed by atoms with van der Waals surface area (Å²) in [6.45, 7) is 5.92. The second-order valence-electron chi connectivity index (χ2n) is 17.3. The summed E-state index contributed by atoms with van der Waals surface area (Å²) in [6, 6.07) is 20.9. The van der Waals surface area contributed by atoms with Gasteiger partial charge in [-0.25, -0.2) is 9.37 Å². The van der Waals surface area contributed by atoms with Crippen molar-refractivity contribution in [1.29, 1.82) is 0 Å². The molecule has 1 saturated heterocycles. The van der Waals surface area contributed by atoms with Gasteiger partial charge >= 0.3 is 0 Å². The smallest absolute Gasteiger partial charge is 0.264 e. The molecule has 0 spiro atoms. The summed E-state index contributed by atoms with van der Waals surface area (Å²) >= 11 is 1.25. The number of nitrogens with one attached hydrogen (secondary N) is 2. The zero-order chi connectivity index (χ0) is 48.2. The summed E-state index contributed by atoms with van der Waals surface area (Å²) < 4.78 is 25.9. The number of thiazole rings is 1. The second kappa shape index (κ2) is 20.6. The fourth-order valence-electron chi connectivity index (χ4n) is 9.37. The number of nitrogens with zero attached hydrogens (tertiary/aromatic N) is 5. The van der Waals surface area contributed by atoms with Crippen LogP contribution in [-0.4, -0.2) is 126 Å². The number of benzene rings is 4. The summed E-state index contributed by atoms with van der Waals surface area (Å²) in [5, 5.41) is 8.07. The number of amides is 5. The number of Topliss-reactive ketones (excluding diaryl/α,β-unsaturated/α-hetero) is 2. The predicted octanol–water partition coefficient (Wildman–Crippen LogP) is 6.06. The molecule has 2 fully saturated rings. The molecule has 2 atom stereocenters. The Morgan fingerprint density at radius 2 is 1.61 bits per heavy atom. The van der Waals surface area contributed by atoms with E-state index in [9.17, 15) is 38.0 Å². The maximum Gasteiger partial charge on any atom is 0.264 e. The Kier molecular flexibility index (Phi) is 14.0. The van der Waals surface area contributed by atoms with Gasteiger partial charge < -0.3 is 29.5 Å². The van der Waals surface area contributed by atoms with Crippen molar-refractivity contribution in [2.24, 2.45) is 0 Å². The van der Waals surface area contributed by atoms with Crippen LogP contribution in [-0.2, 0) is 35.2 Å². The highest BCUT2D eigenvalue weighted by atomic mass is 32.1. The Morgan fingerprint density at radius 1 is 0.841 bits per heavy atom. The van der Waals surface area contributed by atoms with Crippen LogP contribution in [0.5, 0.6) is 0 Å². The van der Waals surface area contributed by atoms with Gasteiger partial charge in [0.15, 0.2) is 10.9 Å². The number of aryl methyl sites for hydroxylation is 1. The second-order valence-corrected chi connectivity index (χ2v) is 18.2. The minimum Gasteiger partial charge on any atom is -0.382 e. The van der Waals surface area contributed by atoms with E-state index >= 15 is 0 Å². The van der Waals surface area contributed by atoms with Crippen molar-refractivity contribution in [3.8, 4) is 11.1 Å². The number of hydrogen-bond acceptors (Lipinski definition) is 13. The quantitative estimate of drug-likeness (QED) is 0.0624. The van der Waals surface area contributed by atoms with Crippen LogP contribution in [0.25, 0.3) is 11.1 Å². The normalized spacial score (nSPS) is 17.4. The largest absolute Gasteiger partial charge is 0.382 e. The standard InChI is InChI=1S/C51H50FN7O9S/c1-31-5-10-35(52)28-39(31)46(47(63)55-51-54-17-26-69-51)58-30-34-7-6-33(27-40(34)48(58)64)32-8-11-36(12-9-32)56-18-20-57(21-19-56)44(62)15-22-67-24-25-68-23-16-53-41-4-2-3-38-45(41)50(66)59(49(38)65)42-14-13-37(60)29-43(42)61/h2-12,17,26-28,42,46,53H,13-16,18-25,29-30H2,1H3,(H,54,55,63). The highest BCUT2D eigenvalue weighted by Gasteiger charge is 2.45. The molecule has 5 amide bonds. The van der Waals surface area contributed by atoms with Gasteiger partial charge in [-0.1, -0.05) is 36.4 Å². The fraction of sp³-hybridized carbons (Fsp3) is 0.333. The summed E-state index contributed by atoms with van der Waals surface area (Å²) in [6.07, 6.45) is 1.85. The van der Waals surface area contributed by atoms with Crippen LogP contribution in [0, 0.1) is 12.7 Å². The molecular weight excluding hydrogens is 906 g/mol. The number of fused-ring (bicyclic) bond motifs is 2. The topological polar surface area (TPSA) is 188 Å². The van der Waals surface area contributed by atoms with E-state index in [4.69, 9.17) is 9.47 Å². The van der Waals surface area contributed by atoms with Crippen LogP contribution >= 0.6 is 11.3 Å². The Morgan fingerprint density at radius 3 is 2.36 bits per heavy atom. The predicted molar refractivity (Wildman–Crippen MR) is 255 cm³/mol. The van der Waals surface area contributed by atoms with Crippen LogP contribution in [0.4, 0.5) is 20.9 Å². The third-order valence-corrected chi connectivity index (χ3v) is 13.7. The third-order valence-electron chi connectivity index (χ3n) is 13.0. The van der Waals surface area contributed by atoms with Gasteiger partial charge in [0.25, 0.3) is 23.6 Å². The highest BCUT2D eigenvalue weighted by Crippen LogP contribution is 2.37. The number of rotatable bonds is 17. The lowest BCUT2D eigenvalue weighted by molar-refractivity contribution is -0.133. The molecule has 4 aromatic carbocycles. The molecule has 1 aromatic heterocycles. The Hall–Kier alpha value is -7.15. The first kappa shape index (κ1) is 46.9. The highest BCUT2D eigenvalue weighted by molar-refractivity contribution is 7.13. The first-order valence-corrected chi connectivity index (χ1v) is 23.8. The maximum absolute atomic E-state index is 14.5. The van der Waals surface area contributed by atoms with E-state index < -0.39 is 41.4 Å². The van der Waals surface area contributed by atoms with E-state index in [1.807, 2.05) is 47.4 Å². The van der Waals surface area contributed by atoms with E-state index in [1.165, 1.54) is 28.4 Å². The third kappa shape index (κ3) is 10.0. The molecule has 3 aliphatic heterocycles. The molecule has 1 aliphatic carbocycles. The Balaban J connectivity index is 0.695. The van der Waals surface area contributed by atoms with Crippen LogP contribution < -0.4 is 15.5 Å². The lowest BCUT2D eigenvalue weighted by Gasteiger charge is -2.36. The van der Waals surface area contributed by atoms with Gasteiger partial charge in [-0.2, -0.15) is 0 Å². The fourth-order valence-corrected chi connectivity index (χ4v) is 9.90. The van der Waals surface area contributed by atoms with E-state index in [0.29, 0.717) is 80.1 Å². The molecule has 4 aliphatic rings. The lowest BCUT2D eigenvalue weighted by Crippen LogP contribution is -2.49. The van der Waals surface area contributed by atoms with Crippen molar-refractivity contribution in [2.45, 2.75) is 51.2 Å². The van der Waals surface area contributed by atoms with Gasteiger partial charge in [-0.3, -0.25) is 43.8 Å². The first-order chi connectivity index (χ1) is 33.4. The molecule has 0 radical (unpaired) electrons. The molecule has 1 saturated carbocycles. The summed E-state index contributed by atoms with van der Waals surface area (Å²) in [4.78, 5) is 102. The van der Waals surface area contributed by atoms with Crippen molar-refractivity contribution in [1.82, 2.24) is 19.7 Å². The number of carbonyl (C=O) groups is 7. The van der Waals surface area contributed by atoms with E-state index in [-0.39, 0.29) is 67.6 Å². The van der Waals surface area contributed by atoms with Crippen LogP contribution in [0.2, 0.25) is 0 Å². The van der Waals surface area contributed by atoms with Crippen molar-refractivity contribution in [3.05, 3.63) is 130 Å². The van der Waals surface area contributed by atoms with Gasteiger partial charge in [0.05, 0.1) is 56.4 Å². The average molecular weight is 956 g/mol. The van der Waals surface area contributed by atoms with Gasteiger partial charge in [0.2, 0.25) is 5.91 Å². The SMILES string of the molecule is Cc1ccc(F)cc1C(C(=O)Nc1nccs1)N1Cc2ccc(-c3ccc(N4CCN(C(=O)CCOCCOCCNc5cccc6c5C(=O)N(C5CCC(=O)CC5=O)C6=O)CC4)cc3)cc2C1=O. The summed E-state index contributed by atoms with van der Waals surface area (Å²) in [7, 11) is 0. The molecular formula is C51H50FN7O9S. The molecule has 16 nitrogen and oxygen atoms in total. The van der Waals surface area contributed by atoms with E-state index in [1.54, 1.807) is 42.8 Å². The Bertz CT molecular complexity index is 2810. The summed E-state index contributed by atoms with van der Waals surface area (Å²) in [5.74, 6) is -2.95. The van der Waals surface area contributed by atoms with Crippen molar-refractivity contribution >= 4 is 68.9 Å². The number of ketones is 2. The molecule has 5 aromatic rings. The Labute approximate surface area is 401 Å². The van der Waals surface area contributed by atoms with Crippen LogP contribution in [0.3, 0.4) is 0 Å². The van der Waals surface area contributed by atoms with Gasteiger partial charge in [-0.05, 0) is 83.6 Å². The molecule has 0 bridgehead atoms. The average Bonchev–Trinajstić information content (AvgIpc) is 4.05. The van der Waals surface area contributed by atoms with E-state index in [2.05, 4.69) is 20.5 Å². The van der Waals surface area contributed by atoms with Crippen molar-refractivity contribution in [2.75, 3.05) is 74.7 Å². The molecule has 69 heavy (non-hydrogen) atoms. The zero-order valence-electron chi connectivity index (χ0n) is 37.9. The molecule has 4 heterocycles. The molecule has 9 rings (SSSR count). The number of anilines is 3. The molecule has 356 valence electrons. The van der Waals surface area contributed by atoms with Crippen LogP contribution in [0.15, 0.2) is 90.4 Å². The van der Waals surface area contributed by atoms with Gasteiger partial charge in [-0.15, -0.1) is 11.3 Å².